The summed E-state index contributed by atoms with van der Waals surface area (Å²) in [6, 6.07) is 12.8. The highest BCUT2D eigenvalue weighted by Gasteiger charge is 2.24. The molecule has 7 nitrogen and oxygen atoms in total. The largest absolute Gasteiger partial charge is 0.462 e. The van der Waals surface area contributed by atoms with E-state index in [1.807, 2.05) is 56.3 Å². The fourth-order valence-electron chi connectivity index (χ4n) is 3.28. The fraction of sp³-hybridized carbons (Fsp3) is 0.318. The van der Waals surface area contributed by atoms with Gasteiger partial charge >= 0.3 is 5.97 Å². The third kappa shape index (κ3) is 4.14. The van der Waals surface area contributed by atoms with Gasteiger partial charge in [0.25, 0.3) is 5.56 Å². The molecule has 0 bridgehead atoms. The van der Waals surface area contributed by atoms with Crippen LogP contribution in [0.1, 0.15) is 41.6 Å². The standard InChI is InChI=1S/C22H25N3O4/c1-4-25-20-16(12-11-14(3)24-20)19(18(21(25)27)22(28)29-5-2)23-13-17(26)15-9-7-6-8-10-15/h6-12,17,23,26H,4-5,13H2,1-3H3. The van der Waals surface area contributed by atoms with Crippen molar-refractivity contribution in [3.05, 3.63) is 69.6 Å². The van der Waals surface area contributed by atoms with Gasteiger partial charge in [-0.05, 0) is 38.5 Å². The summed E-state index contributed by atoms with van der Waals surface area (Å²) in [5, 5.41) is 14.2. The van der Waals surface area contributed by atoms with E-state index < -0.39 is 17.6 Å². The van der Waals surface area contributed by atoms with Gasteiger partial charge in [0.2, 0.25) is 0 Å². The molecule has 2 aromatic heterocycles. The molecule has 3 aromatic rings. The van der Waals surface area contributed by atoms with Crippen molar-refractivity contribution in [2.45, 2.75) is 33.4 Å². The summed E-state index contributed by atoms with van der Waals surface area (Å²) in [7, 11) is 0. The molecule has 1 atom stereocenters. The summed E-state index contributed by atoms with van der Waals surface area (Å²) < 4.78 is 6.60. The Hall–Kier alpha value is -3.19. The maximum absolute atomic E-state index is 13.1. The Bertz CT molecular complexity index is 1080. The molecule has 1 unspecified atom stereocenters. The van der Waals surface area contributed by atoms with Crippen LogP contribution in [-0.4, -0.2) is 33.8 Å². The minimum Gasteiger partial charge on any atom is -0.462 e. The van der Waals surface area contributed by atoms with Gasteiger partial charge in [-0.3, -0.25) is 9.36 Å². The highest BCUT2D eigenvalue weighted by molar-refractivity contribution is 6.04. The fourth-order valence-corrected chi connectivity index (χ4v) is 3.28. The molecule has 3 rings (SSSR count). The molecular formula is C22H25N3O4. The predicted octanol–water partition coefficient (Wildman–Crippen LogP) is 3.05. The molecule has 7 heteroatoms. The Morgan fingerprint density at radius 1 is 1.21 bits per heavy atom. The first-order valence-electron chi connectivity index (χ1n) is 9.66. The minimum atomic E-state index is -0.812. The first-order chi connectivity index (χ1) is 14.0. The molecule has 0 spiro atoms. The van der Waals surface area contributed by atoms with E-state index in [1.165, 1.54) is 4.57 Å². The summed E-state index contributed by atoms with van der Waals surface area (Å²) >= 11 is 0. The number of carbonyl (C=O) groups is 1. The average Bonchev–Trinajstić information content (AvgIpc) is 2.72. The van der Waals surface area contributed by atoms with E-state index in [1.54, 1.807) is 6.92 Å². The van der Waals surface area contributed by atoms with E-state index in [2.05, 4.69) is 10.3 Å². The van der Waals surface area contributed by atoms with Crippen LogP contribution in [0.25, 0.3) is 11.0 Å². The second kappa shape index (κ2) is 8.87. The van der Waals surface area contributed by atoms with Crippen LogP contribution >= 0.6 is 0 Å². The highest BCUT2D eigenvalue weighted by Crippen LogP contribution is 2.26. The first kappa shape index (κ1) is 20.5. The highest BCUT2D eigenvalue weighted by atomic mass is 16.5. The zero-order valence-electron chi connectivity index (χ0n) is 16.8. The number of nitrogens with zero attached hydrogens (tertiary/aromatic N) is 2. The Balaban J connectivity index is 2.13. The second-order valence-electron chi connectivity index (χ2n) is 6.65. The van der Waals surface area contributed by atoms with Gasteiger partial charge in [0.1, 0.15) is 11.2 Å². The molecule has 2 N–H and O–H groups in total. The molecule has 0 saturated carbocycles. The van der Waals surface area contributed by atoms with Gasteiger partial charge in [-0.2, -0.15) is 0 Å². The number of pyridine rings is 2. The number of aryl methyl sites for hydroxylation is 2. The number of esters is 1. The molecule has 0 aliphatic heterocycles. The quantitative estimate of drug-likeness (QED) is 0.597. The summed E-state index contributed by atoms with van der Waals surface area (Å²) in [6.07, 6.45) is -0.812. The van der Waals surface area contributed by atoms with Gasteiger partial charge in [0.15, 0.2) is 0 Å². The number of anilines is 1. The zero-order valence-corrected chi connectivity index (χ0v) is 16.8. The van der Waals surface area contributed by atoms with E-state index >= 15 is 0 Å². The number of hydrogen-bond acceptors (Lipinski definition) is 6. The van der Waals surface area contributed by atoms with Gasteiger partial charge < -0.3 is 15.2 Å². The minimum absolute atomic E-state index is 0.0767. The van der Waals surface area contributed by atoms with Crippen molar-refractivity contribution in [2.24, 2.45) is 0 Å². The van der Waals surface area contributed by atoms with Crippen molar-refractivity contribution in [1.82, 2.24) is 9.55 Å². The van der Waals surface area contributed by atoms with Gasteiger partial charge in [-0.25, -0.2) is 9.78 Å². The van der Waals surface area contributed by atoms with Crippen LogP contribution in [0.4, 0.5) is 5.69 Å². The average molecular weight is 395 g/mol. The number of aliphatic hydroxyl groups excluding tert-OH is 1. The SMILES string of the molecule is CCOC(=O)c1c(NCC(O)c2ccccc2)c2ccc(C)nc2n(CC)c1=O. The lowest BCUT2D eigenvalue weighted by atomic mass is 10.1. The van der Waals surface area contributed by atoms with Crippen molar-refractivity contribution in [3.8, 4) is 0 Å². The number of ether oxygens (including phenoxy) is 1. The van der Waals surface area contributed by atoms with Crippen LogP contribution in [0.2, 0.25) is 0 Å². The molecule has 0 amide bonds. The number of fused-ring (bicyclic) bond motifs is 1. The van der Waals surface area contributed by atoms with Crippen molar-refractivity contribution in [1.29, 1.82) is 0 Å². The second-order valence-corrected chi connectivity index (χ2v) is 6.65. The monoisotopic (exact) mass is 395 g/mol. The maximum Gasteiger partial charge on any atom is 0.345 e. The normalized spacial score (nSPS) is 12.0. The topological polar surface area (TPSA) is 93.4 Å². The molecule has 0 aliphatic carbocycles. The van der Waals surface area contributed by atoms with E-state index in [0.29, 0.717) is 23.3 Å². The first-order valence-corrected chi connectivity index (χ1v) is 9.66. The van der Waals surface area contributed by atoms with Gasteiger partial charge in [0, 0.05) is 24.2 Å². The van der Waals surface area contributed by atoms with E-state index in [0.717, 1.165) is 11.3 Å². The molecule has 0 aliphatic rings. The number of carbonyl (C=O) groups excluding carboxylic acids is 1. The van der Waals surface area contributed by atoms with Crippen molar-refractivity contribution in [3.63, 3.8) is 0 Å². The molecule has 0 saturated heterocycles. The Morgan fingerprint density at radius 2 is 1.93 bits per heavy atom. The van der Waals surface area contributed by atoms with E-state index in [9.17, 15) is 14.7 Å². The molecule has 152 valence electrons. The summed E-state index contributed by atoms with van der Waals surface area (Å²) in [6.45, 7) is 6.00. The number of aromatic nitrogens is 2. The molecular weight excluding hydrogens is 370 g/mol. The Labute approximate surface area is 169 Å². The van der Waals surface area contributed by atoms with Crippen molar-refractivity contribution < 1.29 is 14.6 Å². The van der Waals surface area contributed by atoms with Crippen LogP contribution in [0, 0.1) is 6.92 Å². The van der Waals surface area contributed by atoms with Gasteiger partial charge in [0.05, 0.1) is 18.4 Å². The van der Waals surface area contributed by atoms with Crippen LogP contribution in [0.3, 0.4) is 0 Å². The lowest BCUT2D eigenvalue weighted by Crippen LogP contribution is -2.30. The van der Waals surface area contributed by atoms with Crippen LogP contribution in [-0.2, 0) is 11.3 Å². The lowest BCUT2D eigenvalue weighted by Gasteiger charge is -2.19. The Morgan fingerprint density at radius 3 is 2.59 bits per heavy atom. The summed E-state index contributed by atoms with van der Waals surface area (Å²) in [5.74, 6) is -0.695. The third-order valence-corrected chi connectivity index (χ3v) is 4.70. The van der Waals surface area contributed by atoms with Gasteiger partial charge in [-0.1, -0.05) is 30.3 Å². The number of aliphatic hydroxyl groups is 1. The smallest absolute Gasteiger partial charge is 0.345 e. The third-order valence-electron chi connectivity index (χ3n) is 4.70. The van der Waals surface area contributed by atoms with Crippen LogP contribution < -0.4 is 10.9 Å². The molecule has 0 radical (unpaired) electrons. The summed E-state index contributed by atoms with van der Waals surface area (Å²) in [4.78, 5) is 30.2. The van der Waals surface area contributed by atoms with E-state index in [4.69, 9.17) is 4.74 Å². The van der Waals surface area contributed by atoms with Crippen molar-refractivity contribution >= 4 is 22.7 Å². The van der Waals surface area contributed by atoms with Gasteiger partial charge in [-0.15, -0.1) is 0 Å². The zero-order chi connectivity index (χ0) is 21.0. The van der Waals surface area contributed by atoms with E-state index in [-0.39, 0.29) is 18.7 Å². The molecule has 29 heavy (non-hydrogen) atoms. The number of nitrogens with one attached hydrogen (secondary N) is 1. The number of benzene rings is 1. The molecule has 2 heterocycles. The molecule has 1 aromatic carbocycles. The predicted molar refractivity (Wildman–Crippen MR) is 112 cm³/mol. The Kier molecular flexibility index (Phi) is 6.29. The maximum atomic E-state index is 13.1. The van der Waals surface area contributed by atoms with Crippen LogP contribution in [0.5, 0.6) is 0 Å². The van der Waals surface area contributed by atoms with Crippen molar-refractivity contribution in [2.75, 3.05) is 18.5 Å². The van der Waals surface area contributed by atoms with Crippen LogP contribution in [0.15, 0.2) is 47.3 Å². The number of rotatable bonds is 7. The summed E-state index contributed by atoms with van der Waals surface area (Å²) in [5.41, 5.74) is 1.77. The lowest BCUT2D eigenvalue weighted by molar-refractivity contribution is 0.0525. The number of hydrogen-bond donors (Lipinski definition) is 2. The molecule has 0 fully saturated rings.